The number of aryl methyl sites for hydroxylation is 2. The molecular formula is C12H19N3. The van der Waals surface area contributed by atoms with Gasteiger partial charge < -0.3 is 10.6 Å². The molecule has 1 saturated heterocycles. The molecule has 1 aromatic heterocycles. The third-order valence-electron chi connectivity index (χ3n) is 2.92. The highest BCUT2D eigenvalue weighted by atomic mass is 15.0. The number of hydrogen-bond acceptors (Lipinski definition) is 3. The molecule has 0 radical (unpaired) electrons. The molecule has 0 atom stereocenters. The Morgan fingerprint density at radius 1 is 1.27 bits per heavy atom. The summed E-state index contributed by atoms with van der Waals surface area (Å²) >= 11 is 0. The minimum absolute atomic E-state index is 0.606. The highest BCUT2D eigenvalue weighted by molar-refractivity contribution is 5.48. The van der Waals surface area contributed by atoms with Gasteiger partial charge in [-0.05, 0) is 51.9 Å². The van der Waals surface area contributed by atoms with Crippen molar-refractivity contribution < 1.29 is 0 Å². The third-order valence-corrected chi connectivity index (χ3v) is 2.92. The van der Waals surface area contributed by atoms with Crippen LogP contribution in [-0.2, 0) is 0 Å². The Bertz CT molecular complexity index is 330. The summed E-state index contributed by atoms with van der Waals surface area (Å²) in [5, 5.41) is 6.94. The van der Waals surface area contributed by atoms with Crippen molar-refractivity contribution in [2.24, 2.45) is 0 Å². The number of aromatic nitrogens is 1. The van der Waals surface area contributed by atoms with Crippen molar-refractivity contribution in [3.63, 3.8) is 0 Å². The maximum atomic E-state index is 4.46. The van der Waals surface area contributed by atoms with Gasteiger partial charge in [-0.2, -0.15) is 0 Å². The molecule has 0 aromatic carbocycles. The SMILES string of the molecule is Cc1ccc(NC2CCNCC2)c(C)n1. The molecule has 1 fully saturated rings. The average molecular weight is 205 g/mol. The molecule has 1 aromatic rings. The molecule has 3 nitrogen and oxygen atoms in total. The maximum Gasteiger partial charge on any atom is 0.0606 e. The molecule has 0 saturated carbocycles. The quantitative estimate of drug-likeness (QED) is 0.774. The summed E-state index contributed by atoms with van der Waals surface area (Å²) in [5.41, 5.74) is 3.38. The number of anilines is 1. The fourth-order valence-corrected chi connectivity index (χ4v) is 2.03. The van der Waals surface area contributed by atoms with Crippen molar-refractivity contribution in [2.45, 2.75) is 32.7 Å². The molecule has 2 rings (SSSR count). The summed E-state index contributed by atoms with van der Waals surface area (Å²) in [6.07, 6.45) is 2.40. The number of pyridine rings is 1. The van der Waals surface area contributed by atoms with E-state index in [4.69, 9.17) is 0 Å². The Morgan fingerprint density at radius 3 is 2.67 bits per heavy atom. The predicted molar refractivity (Wildman–Crippen MR) is 63.2 cm³/mol. The van der Waals surface area contributed by atoms with Gasteiger partial charge in [-0.25, -0.2) is 0 Å². The topological polar surface area (TPSA) is 37.0 Å². The number of piperidine rings is 1. The first-order chi connectivity index (χ1) is 7.25. The van der Waals surface area contributed by atoms with Crippen molar-refractivity contribution in [3.8, 4) is 0 Å². The number of nitrogens with one attached hydrogen (secondary N) is 2. The van der Waals surface area contributed by atoms with Gasteiger partial charge in [-0.1, -0.05) is 0 Å². The number of nitrogens with zero attached hydrogens (tertiary/aromatic N) is 1. The normalized spacial score (nSPS) is 17.7. The van der Waals surface area contributed by atoms with Crippen LogP contribution in [0.5, 0.6) is 0 Å². The Hall–Kier alpha value is -1.09. The standard InChI is InChI=1S/C12H19N3/c1-9-3-4-12(10(2)14-9)15-11-5-7-13-8-6-11/h3-4,11,13,15H,5-8H2,1-2H3. The first-order valence-corrected chi connectivity index (χ1v) is 5.67. The first-order valence-electron chi connectivity index (χ1n) is 5.67. The highest BCUT2D eigenvalue weighted by Gasteiger charge is 2.13. The van der Waals surface area contributed by atoms with E-state index in [-0.39, 0.29) is 0 Å². The summed E-state index contributed by atoms with van der Waals surface area (Å²) in [5.74, 6) is 0. The lowest BCUT2D eigenvalue weighted by Crippen LogP contribution is -2.35. The summed E-state index contributed by atoms with van der Waals surface area (Å²) in [4.78, 5) is 4.46. The zero-order chi connectivity index (χ0) is 10.7. The molecule has 2 N–H and O–H groups in total. The van der Waals surface area contributed by atoms with Crippen molar-refractivity contribution >= 4 is 5.69 Å². The van der Waals surface area contributed by atoms with E-state index in [1.165, 1.54) is 18.5 Å². The second-order valence-electron chi connectivity index (χ2n) is 4.25. The van der Waals surface area contributed by atoms with E-state index in [1.807, 2.05) is 6.92 Å². The van der Waals surface area contributed by atoms with Gasteiger partial charge in [0.25, 0.3) is 0 Å². The third kappa shape index (κ3) is 2.69. The monoisotopic (exact) mass is 205 g/mol. The van der Waals surface area contributed by atoms with E-state index in [9.17, 15) is 0 Å². The highest BCUT2D eigenvalue weighted by Crippen LogP contribution is 2.16. The predicted octanol–water partition coefficient (Wildman–Crippen LogP) is 1.86. The molecule has 1 aliphatic heterocycles. The molecule has 82 valence electrons. The van der Waals surface area contributed by atoms with E-state index in [1.54, 1.807) is 0 Å². The summed E-state index contributed by atoms with van der Waals surface area (Å²) in [6, 6.07) is 4.81. The summed E-state index contributed by atoms with van der Waals surface area (Å²) in [6.45, 7) is 6.34. The molecular weight excluding hydrogens is 186 g/mol. The molecule has 15 heavy (non-hydrogen) atoms. The Morgan fingerprint density at radius 2 is 2.00 bits per heavy atom. The van der Waals surface area contributed by atoms with E-state index in [2.05, 4.69) is 34.7 Å². The van der Waals surface area contributed by atoms with Crippen molar-refractivity contribution in [3.05, 3.63) is 23.5 Å². The molecule has 0 bridgehead atoms. The van der Waals surface area contributed by atoms with Gasteiger partial charge in [0.2, 0.25) is 0 Å². The van der Waals surface area contributed by atoms with Gasteiger partial charge in [-0.15, -0.1) is 0 Å². The lowest BCUT2D eigenvalue weighted by Gasteiger charge is -2.25. The van der Waals surface area contributed by atoms with Gasteiger partial charge >= 0.3 is 0 Å². The van der Waals surface area contributed by atoms with Gasteiger partial charge in [0, 0.05) is 11.7 Å². The Labute approximate surface area is 91.3 Å². The van der Waals surface area contributed by atoms with Crippen LogP contribution in [0, 0.1) is 13.8 Å². The minimum atomic E-state index is 0.606. The van der Waals surface area contributed by atoms with Crippen LogP contribution in [-0.4, -0.2) is 24.1 Å². The largest absolute Gasteiger partial charge is 0.381 e. The van der Waals surface area contributed by atoms with Gasteiger partial charge in [0.05, 0.1) is 11.4 Å². The second kappa shape index (κ2) is 4.62. The van der Waals surface area contributed by atoms with Crippen LogP contribution in [0.15, 0.2) is 12.1 Å². The van der Waals surface area contributed by atoms with Crippen LogP contribution in [0.1, 0.15) is 24.2 Å². The molecule has 0 amide bonds. The number of hydrogen-bond donors (Lipinski definition) is 2. The molecule has 2 heterocycles. The van der Waals surface area contributed by atoms with E-state index in [0.29, 0.717) is 6.04 Å². The van der Waals surface area contributed by atoms with Crippen molar-refractivity contribution in [1.29, 1.82) is 0 Å². The zero-order valence-corrected chi connectivity index (χ0v) is 9.51. The van der Waals surface area contributed by atoms with Crippen molar-refractivity contribution in [1.82, 2.24) is 10.3 Å². The van der Waals surface area contributed by atoms with Crippen LogP contribution >= 0.6 is 0 Å². The van der Waals surface area contributed by atoms with Crippen LogP contribution in [0.4, 0.5) is 5.69 Å². The Kier molecular flexibility index (Phi) is 3.21. The van der Waals surface area contributed by atoms with Crippen LogP contribution in [0.25, 0.3) is 0 Å². The minimum Gasteiger partial charge on any atom is -0.381 e. The lowest BCUT2D eigenvalue weighted by molar-refractivity contribution is 0.479. The van der Waals surface area contributed by atoms with Gasteiger partial charge in [0.15, 0.2) is 0 Å². The lowest BCUT2D eigenvalue weighted by atomic mass is 10.1. The summed E-state index contributed by atoms with van der Waals surface area (Å²) < 4.78 is 0. The smallest absolute Gasteiger partial charge is 0.0606 e. The molecule has 1 aliphatic rings. The van der Waals surface area contributed by atoms with E-state index >= 15 is 0 Å². The molecule has 0 spiro atoms. The van der Waals surface area contributed by atoms with Crippen molar-refractivity contribution in [2.75, 3.05) is 18.4 Å². The van der Waals surface area contributed by atoms with Gasteiger partial charge in [-0.3, -0.25) is 4.98 Å². The summed E-state index contributed by atoms with van der Waals surface area (Å²) in [7, 11) is 0. The first kappa shape index (κ1) is 10.4. The number of rotatable bonds is 2. The maximum absolute atomic E-state index is 4.46. The molecule has 0 aliphatic carbocycles. The Balaban J connectivity index is 2.03. The fourth-order valence-electron chi connectivity index (χ4n) is 2.03. The van der Waals surface area contributed by atoms with Gasteiger partial charge in [0.1, 0.15) is 0 Å². The second-order valence-corrected chi connectivity index (χ2v) is 4.25. The van der Waals surface area contributed by atoms with Crippen LogP contribution in [0.2, 0.25) is 0 Å². The van der Waals surface area contributed by atoms with E-state index in [0.717, 1.165) is 24.5 Å². The molecule has 0 unspecified atom stereocenters. The van der Waals surface area contributed by atoms with Crippen LogP contribution < -0.4 is 10.6 Å². The fraction of sp³-hybridized carbons (Fsp3) is 0.583. The zero-order valence-electron chi connectivity index (χ0n) is 9.51. The average Bonchev–Trinajstić information content (AvgIpc) is 2.24. The van der Waals surface area contributed by atoms with Crippen LogP contribution in [0.3, 0.4) is 0 Å². The molecule has 3 heteroatoms. The van der Waals surface area contributed by atoms with E-state index < -0.39 is 0 Å².